The number of rotatable bonds is 3. The van der Waals surface area contributed by atoms with E-state index in [1.807, 2.05) is 0 Å². The van der Waals surface area contributed by atoms with Crippen LogP contribution in [0.25, 0.3) is 0 Å². The van der Waals surface area contributed by atoms with Crippen LogP contribution in [-0.2, 0) is 11.2 Å². The Morgan fingerprint density at radius 3 is 2.37 bits per heavy atom. The van der Waals surface area contributed by atoms with Crippen molar-refractivity contribution in [1.82, 2.24) is 9.80 Å². The molecule has 158 valence electrons. The molecule has 1 aliphatic heterocycles. The Kier molecular flexibility index (Phi) is 6.26. The van der Waals surface area contributed by atoms with Crippen LogP contribution in [0.15, 0.2) is 35.1 Å². The van der Waals surface area contributed by atoms with E-state index in [2.05, 4.69) is 0 Å². The van der Waals surface area contributed by atoms with Crippen LogP contribution < -0.4 is 5.43 Å². The lowest BCUT2D eigenvalue weighted by Gasteiger charge is -2.35. The van der Waals surface area contributed by atoms with Crippen molar-refractivity contribution in [3.05, 3.63) is 68.1 Å². The van der Waals surface area contributed by atoms with E-state index in [0.29, 0.717) is 5.56 Å². The molecule has 1 saturated heterocycles. The number of piperazine rings is 1. The second kappa shape index (κ2) is 8.71. The number of aromatic hydroxyl groups is 2. The Morgan fingerprint density at radius 2 is 1.73 bits per heavy atom. The van der Waals surface area contributed by atoms with Crippen molar-refractivity contribution in [3.63, 3.8) is 0 Å². The van der Waals surface area contributed by atoms with Gasteiger partial charge in [0.1, 0.15) is 5.82 Å². The molecule has 7 nitrogen and oxygen atoms in total. The van der Waals surface area contributed by atoms with Crippen molar-refractivity contribution in [2.24, 2.45) is 0 Å². The quantitative estimate of drug-likeness (QED) is 0.770. The summed E-state index contributed by atoms with van der Waals surface area (Å²) in [5.74, 6) is -2.76. The van der Waals surface area contributed by atoms with Crippen LogP contribution >= 0.6 is 11.6 Å². The van der Waals surface area contributed by atoms with Gasteiger partial charge in [-0.05, 0) is 36.8 Å². The minimum atomic E-state index is -0.820. The van der Waals surface area contributed by atoms with Crippen molar-refractivity contribution in [1.29, 1.82) is 0 Å². The van der Waals surface area contributed by atoms with Crippen molar-refractivity contribution in [3.8, 4) is 11.5 Å². The minimum absolute atomic E-state index is 0.0859. The van der Waals surface area contributed by atoms with Gasteiger partial charge in [-0.3, -0.25) is 14.4 Å². The first kappa shape index (κ1) is 21.6. The average Bonchev–Trinajstić information content (AvgIpc) is 2.81. The Balaban J connectivity index is 1.69. The van der Waals surface area contributed by atoms with E-state index >= 15 is 0 Å². The monoisotopic (exact) mass is 434 g/mol. The highest BCUT2D eigenvalue weighted by molar-refractivity contribution is 6.31. The molecule has 2 amide bonds. The summed E-state index contributed by atoms with van der Waals surface area (Å²) >= 11 is 5.98. The van der Waals surface area contributed by atoms with Crippen LogP contribution in [0.2, 0.25) is 5.02 Å². The fraction of sp³-hybridized carbons (Fsp3) is 0.286. The first-order valence-electron chi connectivity index (χ1n) is 9.26. The first-order valence-corrected chi connectivity index (χ1v) is 9.63. The van der Waals surface area contributed by atoms with Gasteiger partial charge in [-0.2, -0.15) is 0 Å². The highest BCUT2D eigenvalue weighted by Gasteiger charge is 2.27. The fourth-order valence-electron chi connectivity index (χ4n) is 3.31. The Bertz CT molecular complexity index is 1050. The Hall–Kier alpha value is -3.13. The van der Waals surface area contributed by atoms with E-state index in [9.17, 15) is 29.0 Å². The number of nitrogens with zero attached hydrogens (tertiary/aromatic N) is 2. The standard InChI is InChI=1S/C21H20ClFN2O5/c1-12-9-17(26)20(29)18(27)10-13(12)21(30)25-7-5-24(6-8-25)19(28)11-14-15(22)3-2-4-16(14)23/h2-4,9-10H,5-8,11H2,1H3,(H2,26,27,29). The van der Waals surface area contributed by atoms with Crippen molar-refractivity contribution in [2.45, 2.75) is 13.3 Å². The van der Waals surface area contributed by atoms with E-state index in [0.717, 1.165) is 12.1 Å². The summed E-state index contributed by atoms with van der Waals surface area (Å²) in [7, 11) is 0. The molecule has 0 unspecified atom stereocenters. The number of hydrogen-bond acceptors (Lipinski definition) is 5. The van der Waals surface area contributed by atoms with Crippen LogP contribution in [-0.4, -0.2) is 58.0 Å². The third-order valence-electron chi connectivity index (χ3n) is 5.07. The molecular formula is C21H20ClFN2O5. The van der Waals surface area contributed by atoms with Crippen LogP contribution in [0.5, 0.6) is 11.5 Å². The highest BCUT2D eigenvalue weighted by Crippen LogP contribution is 2.23. The van der Waals surface area contributed by atoms with Crippen LogP contribution in [0.3, 0.4) is 0 Å². The molecule has 2 aromatic carbocycles. The summed E-state index contributed by atoms with van der Waals surface area (Å²) in [6, 6.07) is 6.38. The third kappa shape index (κ3) is 4.38. The van der Waals surface area contributed by atoms with E-state index in [1.54, 1.807) is 0 Å². The maximum atomic E-state index is 13.9. The third-order valence-corrected chi connectivity index (χ3v) is 5.42. The van der Waals surface area contributed by atoms with Crippen molar-refractivity contribution in [2.75, 3.05) is 26.2 Å². The van der Waals surface area contributed by atoms with Gasteiger partial charge in [0, 0.05) is 42.3 Å². The van der Waals surface area contributed by atoms with Crippen LogP contribution in [0.4, 0.5) is 4.39 Å². The SMILES string of the molecule is Cc1cc(=O)c(O)c(O)cc1C(=O)N1CCN(C(=O)Cc2c(F)cccc2Cl)CC1. The summed E-state index contributed by atoms with van der Waals surface area (Å²) in [5.41, 5.74) is -0.249. The maximum Gasteiger partial charge on any atom is 0.254 e. The summed E-state index contributed by atoms with van der Waals surface area (Å²) in [5, 5.41) is 19.6. The molecule has 1 heterocycles. The molecular weight excluding hydrogens is 415 g/mol. The molecule has 9 heteroatoms. The predicted octanol–water partition coefficient (Wildman–Crippen LogP) is 2.09. The largest absolute Gasteiger partial charge is 0.504 e. The van der Waals surface area contributed by atoms with Gasteiger partial charge in [-0.15, -0.1) is 0 Å². The van der Waals surface area contributed by atoms with Gasteiger partial charge in [0.2, 0.25) is 17.1 Å². The lowest BCUT2D eigenvalue weighted by atomic mass is 10.1. The van der Waals surface area contributed by atoms with E-state index in [4.69, 9.17) is 11.6 Å². The summed E-state index contributed by atoms with van der Waals surface area (Å²) in [6.07, 6.45) is -0.174. The average molecular weight is 435 g/mol. The maximum absolute atomic E-state index is 13.9. The summed E-state index contributed by atoms with van der Waals surface area (Å²) in [4.78, 5) is 40.1. The molecule has 0 aromatic heterocycles. The van der Waals surface area contributed by atoms with E-state index in [-0.39, 0.29) is 54.7 Å². The zero-order chi connectivity index (χ0) is 22.0. The second-order valence-corrected chi connectivity index (χ2v) is 7.44. The molecule has 3 rings (SSSR count). The number of carbonyl (C=O) groups is 2. The minimum Gasteiger partial charge on any atom is -0.504 e. The predicted molar refractivity (Wildman–Crippen MR) is 108 cm³/mol. The normalized spacial score (nSPS) is 14.0. The highest BCUT2D eigenvalue weighted by atomic mass is 35.5. The van der Waals surface area contributed by atoms with E-state index < -0.39 is 28.7 Å². The summed E-state index contributed by atoms with van der Waals surface area (Å²) < 4.78 is 13.9. The molecule has 0 atom stereocenters. The molecule has 1 fully saturated rings. The van der Waals surface area contributed by atoms with Gasteiger partial charge in [0.15, 0.2) is 5.75 Å². The Morgan fingerprint density at radius 1 is 1.10 bits per heavy atom. The number of hydrogen-bond donors (Lipinski definition) is 2. The molecule has 0 radical (unpaired) electrons. The molecule has 0 spiro atoms. The van der Waals surface area contributed by atoms with Gasteiger partial charge >= 0.3 is 0 Å². The molecule has 0 aliphatic carbocycles. The molecule has 0 saturated carbocycles. The first-order chi connectivity index (χ1) is 14.2. The van der Waals surface area contributed by atoms with Gasteiger partial charge in [-0.25, -0.2) is 4.39 Å². The zero-order valence-corrected chi connectivity index (χ0v) is 16.9. The molecule has 2 aromatic rings. The lowest BCUT2D eigenvalue weighted by Crippen LogP contribution is -2.51. The Labute approximate surface area is 176 Å². The molecule has 1 aliphatic rings. The molecule has 0 bridgehead atoms. The molecule has 30 heavy (non-hydrogen) atoms. The lowest BCUT2D eigenvalue weighted by molar-refractivity contribution is -0.132. The van der Waals surface area contributed by atoms with Gasteiger partial charge in [0.05, 0.1) is 6.42 Å². The molecule has 2 N–H and O–H groups in total. The number of benzene rings is 1. The number of halogens is 2. The van der Waals surface area contributed by atoms with E-state index in [1.165, 1.54) is 34.9 Å². The van der Waals surface area contributed by atoms with Gasteiger partial charge in [-0.1, -0.05) is 17.7 Å². The van der Waals surface area contributed by atoms with Gasteiger partial charge in [0.25, 0.3) is 5.91 Å². The summed E-state index contributed by atoms with van der Waals surface area (Å²) in [6.45, 7) is 2.48. The number of amides is 2. The fourth-order valence-corrected chi connectivity index (χ4v) is 3.54. The smallest absolute Gasteiger partial charge is 0.254 e. The van der Waals surface area contributed by atoms with Crippen LogP contribution in [0.1, 0.15) is 21.5 Å². The van der Waals surface area contributed by atoms with Gasteiger partial charge < -0.3 is 20.0 Å². The second-order valence-electron chi connectivity index (χ2n) is 7.03. The topological polar surface area (TPSA) is 98.1 Å². The van der Waals surface area contributed by atoms with Crippen molar-refractivity contribution >= 4 is 23.4 Å². The van der Waals surface area contributed by atoms with Crippen LogP contribution in [0, 0.1) is 12.7 Å². The van der Waals surface area contributed by atoms with Crippen molar-refractivity contribution < 1.29 is 24.2 Å². The zero-order valence-electron chi connectivity index (χ0n) is 16.2. The number of carbonyl (C=O) groups excluding carboxylic acids is 2. The number of aryl methyl sites for hydroxylation is 1.